The molecule has 0 unspecified atom stereocenters. The van der Waals surface area contributed by atoms with Crippen molar-refractivity contribution in [1.82, 2.24) is 34.1 Å². The lowest BCUT2D eigenvalue weighted by atomic mass is 10.2. The summed E-state index contributed by atoms with van der Waals surface area (Å²) in [6.45, 7) is 0.106. The molecular weight excluding hydrogens is 491 g/mol. The Hall–Kier alpha value is -3.55. The van der Waals surface area contributed by atoms with Crippen LogP contribution in [0.1, 0.15) is 24.7 Å². The largest absolute Gasteiger partial charge is 0.416 e. The Labute approximate surface area is 200 Å². The smallest absolute Gasteiger partial charge is 0.385 e. The molecule has 2 atom stereocenters. The summed E-state index contributed by atoms with van der Waals surface area (Å²) >= 11 is 5.89. The van der Waals surface area contributed by atoms with Crippen LogP contribution in [0.2, 0.25) is 5.02 Å². The van der Waals surface area contributed by atoms with Crippen molar-refractivity contribution in [2.75, 3.05) is 0 Å². The molecule has 35 heavy (non-hydrogen) atoms. The third-order valence-electron chi connectivity index (χ3n) is 4.97. The zero-order valence-electron chi connectivity index (χ0n) is 18.1. The molecule has 2 N–H and O–H groups in total. The normalized spacial score (nSPS) is 13.7. The summed E-state index contributed by atoms with van der Waals surface area (Å²) in [6, 6.07) is 11.0. The zero-order chi connectivity index (χ0) is 25.3. The number of halogens is 4. The monoisotopic (exact) mass is 509 g/mol. The predicted octanol–water partition coefficient (Wildman–Crippen LogP) is 2.37. The second kappa shape index (κ2) is 9.60. The van der Waals surface area contributed by atoms with Gasteiger partial charge in [0.1, 0.15) is 12.6 Å². The molecule has 0 amide bonds. The van der Waals surface area contributed by atoms with Gasteiger partial charge in [-0.1, -0.05) is 17.7 Å². The summed E-state index contributed by atoms with van der Waals surface area (Å²) in [5.41, 5.74) is -0.595. The van der Waals surface area contributed by atoms with E-state index in [0.29, 0.717) is 16.4 Å². The topological polar surface area (TPSA) is 124 Å². The molecule has 0 spiro atoms. The summed E-state index contributed by atoms with van der Waals surface area (Å²) in [6.07, 6.45) is -7.22. The number of benzene rings is 1. The maximum atomic E-state index is 13.0. The Morgan fingerprint density at radius 2 is 1.80 bits per heavy atom. The summed E-state index contributed by atoms with van der Waals surface area (Å²) < 4.78 is 42.0. The van der Waals surface area contributed by atoms with Gasteiger partial charge in [-0.05, 0) is 43.3 Å². The number of hydrogen-bond donors (Lipinski definition) is 2. The minimum absolute atomic E-state index is 0.0670. The molecule has 4 aromatic rings. The van der Waals surface area contributed by atoms with Crippen LogP contribution < -0.4 is 5.69 Å². The first-order valence-electron chi connectivity index (χ1n) is 10.3. The fourth-order valence-corrected chi connectivity index (χ4v) is 3.41. The van der Waals surface area contributed by atoms with Crippen LogP contribution in [-0.2, 0) is 13.1 Å². The number of aliphatic hydroxyl groups is 2. The van der Waals surface area contributed by atoms with Crippen molar-refractivity contribution in [3.63, 3.8) is 0 Å². The second-order valence-electron chi connectivity index (χ2n) is 7.60. The van der Waals surface area contributed by atoms with Gasteiger partial charge in [-0.25, -0.2) is 19.4 Å². The third-order valence-corrected chi connectivity index (χ3v) is 5.22. The lowest BCUT2D eigenvalue weighted by Gasteiger charge is -2.15. The Bertz CT molecular complexity index is 1370. The Balaban J connectivity index is 1.76. The SMILES string of the molecule is C[C@H](O)c1nc(Cn2nc(-c3ccc(Cl)cc3)n(C[C@H](O)C(F)(F)F)c2=O)nn1-c1ccccn1. The van der Waals surface area contributed by atoms with Crippen molar-refractivity contribution < 1.29 is 23.4 Å². The van der Waals surface area contributed by atoms with E-state index in [1.807, 2.05) is 0 Å². The molecule has 0 aliphatic rings. The van der Waals surface area contributed by atoms with Crippen LogP contribution in [0.5, 0.6) is 0 Å². The zero-order valence-corrected chi connectivity index (χ0v) is 18.9. The maximum absolute atomic E-state index is 13.0. The predicted molar refractivity (Wildman–Crippen MR) is 118 cm³/mol. The van der Waals surface area contributed by atoms with Gasteiger partial charge in [0.2, 0.25) is 0 Å². The van der Waals surface area contributed by atoms with E-state index in [0.717, 1.165) is 9.25 Å². The molecule has 184 valence electrons. The van der Waals surface area contributed by atoms with Crippen molar-refractivity contribution in [3.8, 4) is 17.2 Å². The fraction of sp³-hybridized carbons (Fsp3) is 0.286. The van der Waals surface area contributed by atoms with Gasteiger partial charge in [0.15, 0.2) is 29.4 Å². The average Bonchev–Trinajstić information content (AvgIpc) is 3.37. The quantitative estimate of drug-likeness (QED) is 0.392. The number of pyridine rings is 1. The highest BCUT2D eigenvalue weighted by Crippen LogP contribution is 2.24. The number of rotatable bonds is 7. The van der Waals surface area contributed by atoms with Crippen LogP contribution in [0.25, 0.3) is 17.2 Å². The lowest BCUT2D eigenvalue weighted by molar-refractivity contribution is -0.207. The highest BCUT2D eigenvalue weighted by molar-refractivity contribution is 6.30. The van der Waals surface area contributed by atoms with E-state index in [4.69, 9.17) is 11.6 Å². The van der Waals surface area contributed by atoms with E-state index in [1.54, 1.807) is 18.2 Å². The van der Waals surface area contributed by atoms with Crippen LogP contribution in [0.4, 0.5) is 13.2 Å². The molecule has 0 bridgehead atoms. The van der Waals surface area contributed by atoms with Crippen molar-refractivity contribution >= 4 is 11.6 Å². The highest BCUT2D eigenvalue weighted by atomic mass is 35.5. The number of nitrogens with zero attached hydrogens (tertiary/aromatic N) is 7. The van der Waals surface area contributed by atoms with Gasteiger partial charge in [0, 0.05) is 16.8 Å². The Morgan fingerprint density at radius 3 is 2.40 bits per heavy atom. The summed E-state index contributed by atoms with van der Waals surface area (Å²) in [5.74, 6) is 0.485. The number of aromatic nitrogens is 7. The van der Waals surface area contributed by atoms with Gasteiger partial charge < -0.3 is 10.2 Å². The third kappa shape index (κ3) is 5.26. The van der Waals surface area contributed by atoms with E-state index in [9.17, 15) is 28.2 Å². The van der Waals surface area contributed by atoms with Crippen LogP contribution >= 0.6 is 11.6 Å². The first-order valence-corrected chi connectivity index (χ1v) is 10.7. The van der Waals surface area contributed by atoms with Crippen LogP contribution in [0.3, 0.4) is 0 Å². The molecule has 3 aromatic heterocycles. The van der Waals surface area contributed by atoms with Gasteiger partial charge in [0.05, 0.1) is 6.54 Å². The Morgan fingerprint density at radius 1 is 1.09 bits per heavy atom. The van der Waals surface area contributed by atoms with E-state index < -0.39 is 30.6 Å². The van der Waals surface area contributed by atoms with Crippen LogP contribution in [-0.4, -0.2) is 56.6 Å². The molecule has 0 aliphatic carbocycles. The molecule has 0 fully saturated rings. The number of hydrogen-bond acceptors (Lipinski definition) is 7. The van der Waals surface area contributed by atoms with Crippen LogP contribution in [0.15, 0.2) is 53.5 Å². The second-order valence-corrected chi connectivity index (χ2v) is 8.04. The average molecular weight is 510 g/mol. The van der Waals surface area contributed by atoms with E-state index in [1.165, 1.54) is 42.1 Å². The van der Waals surface area contributed by atoms with Gasteiger partial charge in [-0.3, -0.25) is 4.57 Å². The van der Waals surface area contributed by atoms with Crippen molar-refractivity contribution in [2.24, 2.45) is 0 Å². The first-order chi connectivity index (χ1) is 16.5. The molecule has 4 rings (SSSR count). The standard InChI is InChI=1S/C21H19ClF3N7O3/c1-12(33)18-27-16(28-32(18)17-4-2-3-9-26-17)11-31-20(35)30(10-15(34)21(23,24)25)19(29-31)13-5-7-14(22)8-6-13/h2-9,12,15,33-34H,10-11H2,1H3/t12-,15-/m0/s1. The van der Waals surface area contributed by atoms with E-state index >= 15 is 0 Å². The summed E-state index contributed by atoms with van der Waals surface area (Å²) in [5, 5.41) is 28.6. The minimum Gasteiger partial charge on any atom is -0.385 e. The molecular formula is C21H19ClF3N7O3. The molecule has 10 nitrogen and oxygen atoms in total. The van der Waals surface area contributed by atoms with Gasteiger partial charge in [-0.15, -0.1) is 10.2 Å². The van der Waals surface area contributed by atoms with Crippen molar-refractivity contribution in [3.05, 3.63) is 75.8 Å². The molecule has 0 saturated carbocycles. The fourth-order valence-electron chi connectivity index (χ4n) is 3.29. The molecule has 14 heteroatoms. The summed E-state index contributed by atoms with van der Waals surface area (Å²) in [7, 11) is 0. The highest BCUT2D eigenvalue weighted by Gasteiger charge is 2.39. The molecule has 3 heterocycles. The van der Waals surface area contributed by atoms with E-state index in [-0.39, 0.29) is 24.0 Å². The van der Waals surface area contributed by atoms with Gasteiger partial charge in [0.25, 0.3) is 0 Å². The number of alkyl halides is 3. The van der Waals surface area contributed by atoms with Crippen molar-refractivity contribution in [1.29, 1.82) is 0 Å². The molecule has 0 saturated heterocycles. The molecule has 0 aliphatic heterocycles. The lowest BCUT2D eigenvalue weighted by Crippen LogP contribution is -2.37. The maximum Gasteiger partial charge on any atom is 0.416 e. The number of aliphatic hydroxyl groups excluding tert-OH is 2. The molecule has 1 aromatic carbocycles. The van der Waals surface area contributed by atoms with Gasteiger partial charge in [-0.2, -0.15) is 17.9 Å². The van der Waals surface area contributed by atoms with Crippen molar-refractivity contribution in [2.45, 2.75) is 38.4 Å². The minimum atomic E-state index is -4.94. The Kier molecular flexibility index (Phi) is 6.74. The molecule has 0 radical (unpaired) electrons. The first kappa shape index (κ1) is 24.6. The van der Waals surface area contributed by atoms with Crippen LogP contribution in [0, 0.1) is 0 Å². The van der Waals surface area contributed by atoms with Gasteiger partial charge >= 0.3 is 11.9 Å². The summed E-state index contributed by atoms with van der Waals surface area (Å²) in [4.78, 5) is 21.4. The van der Waals surface area contributed by atoms with E-state index in [2.05, 4.69) is 20.2 Å².